The molecule has 1 aromatic heterocycles. The first-order valence-corrected chi connectivity index (χ1v) is 10.5. The van der Waals surface area contributed by atoms with Gasteiger partial charge in [0.05, 0.1) is 6.10 Å². The molecule has 158 valence electrons. The Morgan fingerprint density at radius 3 is 2.72 bits per heavy atom. The molecular weight excluding hydrogens is 368 g/mol. The van der Waals surface area contributed by atoms with Crippen LogP contribution in [-0.4, -0.2) is 54.8 Å². The Morgan fingerprint density at radius 1 is 1.17 bits per heavy atom. The third-order valence-corrected chi connectivity index (χ3v) is 5.35. The standard InChI is InChI=1S/C22H32N4O3/c1-25(2)21(27)16-26-13-11-17-15-18(9-10-20(17)26)24-22(28)23-12-6-14-29-19-7-4-3-5-8-19/h9-11,13,15,19H,3-8,12,14,16H2,1-2H3,(H2,23,24,28). The van der Waals surface area contributed by atoms with Gasteiger partial charge in [-0.2, -0.15) is 0 Å². The van der Waals surface area contributed by atoms with Gasteiger partial charge in [-0.1, -0.05) is 19.3 Å². The zero-order valence-electron chi connectivity index (χ0n) is 17.4. The number of benzene rings is 1. The molecule has 0 bridgehead atoms. The number of nitrogens with one attached hydrogen (secondary N) is 2. The molecule has 2 N–H and O–H groups in total. The van der Waals surface area contributed by atoms with Crippen molar-refractivity contribution in [2.24, 2.45) is 0 Å². The quantitative estimate of drug-likeness (QED) is 0.665. The lowest BCUT2D eigenvalue weighted by Crippen LogP contribution is -2.30. The maximum atomic E-state index is 12.1. The molecule has 7 nitrogen and oxygen atoms in total. The number of carbonyl (C=O) groups is 2. The summed E-state index contributed by atoms with van der Waals surface area (Å²) in [4.78, 5) is 25.6. The SMILES string of the molecule is CN(C)C(=O)Cn1ccc2cc(NC(=O)NCCCOC3CCCCC3)ccc21. The summed E-state index contributed by atoms with van der Waals surface area (Å²) in [5, 5.41) is 6.72. The molecule has 7 heteroatoms. The number of hydrogen-bond donors (Lipinski definition) is 2. The first-order valence-electron chi connectivity index (χ1n) is 10.5. The van der Waals surface area contributed by atoms with Crippen molar-refractivity contribution in [3.8, 4) is 0 Å². The van der Waals surface area contributed by atoms with Crippen LogP contribution in [0.4, 0.5) is 10.5 Å². The Morgan fingerprint density at radius 2 is 1.97 bits per heavy atom. The van der Waals surface area contributed by atoms with Crippen LogP contribution < -0.4 is 10.6 Å². The van der Waals surface area contributed by atoms with Crippen LogP contribution in [0.25, 0.3) is 10.9 Å². The molecule has 3 rings (SSSR count). The molecule has 1 aliphatic carbocycles. The summed E-state index contributed by atoms with van der Waals surface area (Å²) in [6, 6.07) is 7.42. The topological polar surface area (TPSA) is 75.6 Å². The molecule has 3 amide bonds. The predicted molar refractivity (Wildman–Crippen MR) is 115 cm³/mol. The van der Waals surface area contributed by atoms with E-state index in [1.54, 1.807) is 19.0 Å². The third-order valence-electron chi connectivity index (χ3n) is 5.35. The number of urea groups is 1. The van der Waals surface area contributed by atoms with Gasteiger partial charge in [-0.15, -0.1) is 0 Å². The lowest BCUT2D eigenvalue weighted by molar-refractivity contribution is -0.129. The van der Waals surface area contributed by atoms with Gasteiger partial charge in [-0.25, -0.2) is 4.79 Å². The van der Waals surface area contributed by atoms with Crippen molar-refractivity contribution in [3.05, 3.63) is 30.5 Å². The molecule has 1 saturated carbocycles. The van der Waals surface area contributed by atoms with Crippen molar-refractivity contribution in [2.45, 2.75) is 51.2 Å². The molecule has 1 heterocycles. The molecule has 2 aromatic rings. The van der Waals surface area contributed by atoms with Crippen molar-refractivity contribution in [1.82, 2.24) is 14.8 Å². The van der Waals surface area contributed by atoms with Gasteiger partial charge >= 0.3 is 6.03 Å². The minimum atomic E-state index is -0.218. The van der Waals surface area contributed by atoms with Gasteiger partial charge in [0.15, 0.2) is 0 Å². The average molecular weight is 401 g/mol. The van der Waals surface area contributed by atoms with Gasteiger partial charge < -0.3 is 24.8 Å². The highest BCUT2D eigenvalue weighted by Gasteiger charge is 2.13. The molecule has 0 spiro atoms. The van der Waals surface area contributed by atoms with E-state index < -0.39 is 0 Å². The number of anilines is 1. The van der Waals surface area contributed by atoms with E-state index in [-0.39, 0.29) is 11.9 Å². The van der Waals surface area contributed by atoms with E-state index in [4.69, 9.17) is 4.74 Å². The lowest BCUT2D eigenvalue weighted by atomic mass is 9.98. The van der Waals surface area contributed by atoms with Crippen LogP contribution in [0.15, 0.2) is 30.5 Å². The minimum Gasteiger partial charge on any atom is -0.378 e. The smallest absolute Gasteiger partial charge is 0.319 e. The molecule has 29 heavy (non-hydrogen) atoms. The molecule has 0 radical (unpaired) electrons. The fraction of sp³-hybridized carbons (Fsp3) is 0.545. The van der Waals surface area contributed by atoms with Crippen LogP contribution in [0.5, 0.6) is 0 Å². The predicted octanol–water partition coefficient (Wildman–Crippen LogP) is 3.59. The normalized spacial score (nSPS) is 14.7. The van der Waals surface area contributed by atoms with Crippen LogP contribution in [0, 0.1) is 0 Å². The Kier molecular flexibility index (Phi) is 7.52. The number of rotatable bonds is 8. The zero-order chi connectivity index (χ0) is 20.6. The van der Waals surface area contributed by atoms with Crippen LogP contribution in [-0.2, 0) is 16.1 Å². The number of amides is 3. The first kappa shape index (κ1) is 21.2. The number of aromatic nitrogens is 1. The van der Waals surface area contributed by atoms with Crippen molar-refractivity contribution in [1.29, 1.82) is 0 Å². The van der Waals surface area contributed by atoms with Crippen molar-refractivity contribution in [2.75, 3.05) is 32.6 Å². The van der Waals surface area contributed by atoms with E-state index in [0.717, 1.165) is 23.0 Å². The van der Waals surface area contributed by atoms with Crippen LogP contribution in [0.1, 0.15) is 38.5 Å². The number of nitrogens with zero attached hydrogens (tertiary/aromatic N) is 2. The maximum Gasteiger partial charge on any atom is 0.319 e. The zero-order valence-corrected chi connectivity index (χ0v) is 17.4. The highest BCUT2D eigenvalue weighted by molar-refractivity contribution is 5.93. The number of hydrogen-bond acceptors (Lipinski definition) is 3. The molecule has 0 aliphatic heterocycles. The maximum absolute atomic E-state index is 12.1. The molecule has 1 aliphatic rings. The van der Waals surface area contributed by atoms with Crippen LogP contribution >= 0.6 is 0 Å². The van der Waals surface area contributed by atoms with Gasteiger partial charge in [0.2, 0.25) is 5.91 Å². The Balaban J connectivity index is 1.42. The second-order valence-electron chi connectivity index (χ2n) is 7.87. The fourth-order valence-corrected chi connectivity index (χ4v) is 3.63. The van der Waals surface area contributed by atoms with E-state index in [1.165, 1.54) is 32.1 Å². The molecule has 0 unspecified atom stereocenters. The Labute approximate surface area is 172 Å². The Hall–Kier alpha value is -2.54. The average Bonchev–Trinajstić information content (AvgIpc) is 3.10. The van der Waals surface area contributed by atoms with Gasteiger partial charge in [-0.3, -0.25) is 4.79 Å². The van der Waals surface area contributed by atoms with E-state index in [9.17, 15) is 9.59 Å². The molecular formula is C22H32N4O3. The molecule has 1 aromatic carbocycles. The number of likely N-dealkylation sites (N-methyl/N-ethyl adjacent to an activating group) is 1. The Bertz CT molecular complexity index is 825. The third kappa shape index (κ3) is 6.22. The van der Waals surface area contributed by atoms with E-state index in [2.05, 4.69) is 10.6 Å². The summed E-state index contributed by atoms with van der Waals surface area (Å²) in [6.45, 7) is 1.58. The van der Waals surface area contributed by atoms with Crippen molar-refractivity contribution in [3.63, 3.8) is 0 Å². The largest absolute Gasteiger partial charge is 0.378 e. The van der Waals surface area contributed by atoms with Gasteiger partial charge in [0, 0.05) is 50.0 Å². The number of ether oxygens (including phenoxy) is 1. The number of fused-ring (bicyclic) bond motifs is 1. The van der Waals surface area contributed by atoms with Gasteiger partial charge in [-0.05, 0) is 43.5 Å². The van der Waals surface area contributed by atoms with Gasteiger partial charge in [0.25, 0.3) is 0 Å². The monoisotopic (exact) mass is 400 g/mol. The van der Waals surface area contributed by atoms with Crippen LogP contribution in [0.2, 0.25) is 0 Å². The second kappa shape index (κ2) is 10.3. The summed E-state index contributed by atoms with van der Waals surface area (Å²) in [5.74, 6) is 0.0385. The lowest BCUT2D eigenvalue weighted by Gasteiger charge is -2.21. The summed E-state index contributed by atoms with van der Waals surface area (Å²) >= 11 is 0. The summed E-state index contributed by atoms with van der Waals surface area (Å²) in [6.07, 6.45) is 9.31. The highest BCUT2D eigenvalue weighted by Crippen LogP contribution is 2.21. The highest BCUT2D eigenvalue weighted by atomic mass is 16.5. The summed E-state index contributed by atoms with van der Waals surface area (Å²) in [7, 11) is 3.49. The number of carbonyl (C=O) groups excluding carboxylic acids is 2. The second-order valence-corrected chi connectivity index (χ2v) is 7.87. The fourth-order valence-electron chi connectivity index (χ4n) is 3.63. The summed E-state index contributed by atoms with van der Waals surface area (Å²) in [5.41, 5.74) is 1.69. The molecule has 0 atom stereocenters. The van der Waals surface area contributed by atoms with E-state index in [1.807, 2.05) is 35.0 Å². The van der Waals surface area contributed by atoms with Crippen molar-refractivity contribution < 1.29 is 14.3 Å². The minimum absolute atomic E-state index is 0.0385. The van der Waals surface area contributed by atoms with E-state index in [0.29, 0.717) is 25.8 Å². The van der Waals surface area contributed by atoms with Crippen LogP contribution in [0.3, 0.4) is 0 Å². The van der Waals surface area contributed by atoms with Crippen molar-refractivity contribution >= 4 is 28.5 Å². The molecule has 1 fully saturated rings. The first-order chi connectivity index (χ1) is 14.0. The van der Waals surface area contributed by atoms with Gasteiger partial charge in [0.1, 0.15) is 6.54 Å². The molecule has 0 saturated heterocycles. The van der Waals surface area contributed by atoms with E-state index >= 15 is 0 Å². The summed E-state index contributed by atoms with van der Waals surface area (Å²) < 4.78 is 7.79.